The van der Waals surface area contributed by atoms with Crippen LogP contribution in [0.4, 0.5) is 11.6 Å². The van der Waals surface area contributed by atoms with E-state index in [4.69, 9.17) is 4.52 Å². The fraction of sp³-hybridized carbons (Fsp3) is 0.467. The van der Waals surface area contributed by atoms with Crippen LogP contribution in [-0.4, -0.2) is 33.9 Å². The van der Waals surface area contributed by atoms with Crippen LogP contribution in [-0.2, 0) is 11.8 Å². The maximum absolute atomic E-state index is 12.4. The van der Waals surface area contributed by atoms with Gasteiger partial charge in [0.15, 0.2) is 5.82 Å². The first kappa shape index (κ1) is 15.3. The van der Waals surface area contributed by atoms with E-state index in [0.29, 0.717) is 23.9 Å². The Balaban J connectivity index is 1.68. The number of aromatic nitrogens is 3. The average molecular weight is 317 g/mol. The molecule has 0 radical (unpaired) electrons. The SMILES string of the molecule is Cc1cc(NC(=O)[C@@H]2CCCN(c3ccc(=O)n(C)n3)C2)no1. The summed E-state index contributed by atoms with van der Waals surface area (Å²) < 4.78 is 6.25. The van der Waals surface area contributed by atoms with Crippen molar-refractivity contribution in [2.24, 2.45) is 13.0 Å². The van der Waals surface area contributed by atoms with Crippen molar-refractivity contribution in [1.29, 1.82) is 0 Å². The van der Waals surface area contributed by atoms with E-state index in [0.717, 1.165) is 19.4 Å². The monoisotopic (exact) mass is 317 g/mol. The van der Waals surface area contributed by atoms with E-state index in [1.54, 1.807) is 26.1 Å². The first-order valence-corrected chi connectivity index (χ1v) is 7.56. The van der Waals surface area contributed by atoms with Gasteiger partial charge in [0.25, 0.3) is 5.56 Å². The highest BCUT2D eigenvalue weighted by Crippen LogP contribution is 2.22. The lowest BCUT2D eigenvalue weighted by Gasteiger charge is -2.32. The second-order valence-corrected chi connectivity index (χ2v) is 5.75. The largest absolute Gasteiger partial charge is 0.360 e. The highest BCUT2D eigenvalue weighted by atomic mass is 16.5. The minimum atomic E-state index is -0.153. The van der Waals surface area contributed by atoms with E-state index in [9.17, 15) is 9.59 Å². The third kappa shape index (κ3) is 3.41. The van der Waals surface area contributed by atoms with Crippen LogP contribution in [0.25, 0.3) is 0 Å². The number of hydrogen-bond acceptors (Lipinski definition) is 6. The van der Waals surface area contributed by atoms with Gasteiger partial charge in [-0.25, -0.2) is 4.68 Å². The van der Waals surface area contributed by atoms with Crippen molar-refractivity contribution in [2.75, 3.05) is 23.3 Å². The Morgan fingerprint density at radius 1 is 1.43 bits per heavy atom. The van der Waals surface area contributed by atoms with Crippen molar-refractivity contribution in [3.05, 3.63) is 34.3 Å². The summed E-state index contributed by atoms with van der Waals surface area (Å²) in [6.45, 7) is 3.16. The topological polar surface area (TPSA) is 93.3 Å². The highest BCUT2D eigenvalue weighted by Gasteiger charge is 2.27. The molecular weight excluding hydrogens is 298 g/mol. The molecule has 8 heteroatoms. The predicted molar refractivity (Wildman–Crippen MR) is 84.3 cm³/mol. The van der Waals surface area contributed by atoms with E-state index in [1.165, 1.54) is 10.7 Å². The fourth-order valence-electron chi connectivity index (χ4n) is 2.71. The Hall–Kier alpha value is -2.64. The number of amides is 1. The van der Waals surface area contributed by atoms with Crippen LogP contribution in [0, 0.1) is 12.8 Å². The summed E-state index contributed by atoms with van der Waals surface area (Å²) in [5.41, 5.74) is -0.151. The molecule has 2 aromatic rings. The zero-order valence-corrected chi connectivity index (χ0v) is 13.2. The maximum Gasteiger partial charge on any atom is 0.266 e. The Kier molecular flexibility index (Phi) is 4.14. The van der Waals surface area contributed by atoms with Gasteiger partial charge in [0, 0.05) is 32.3 Å². The summed E-state index contributed by atoms with van der Waals surface area (Å²) >= 11 is 0. The summed E-state index contributed by atoms with van der Waals surface area (Å²) in [6.07, 6.45) is 1.70. The van der Waals surface area contributed by atoms with E-state index in [1.807, 2.05) is 4.90 Å². The summed E-state index contributed by atoms with van der Waals surface area (Å²) in [6, 6.07) is 4.88. The quantitative estimate of drug-likeness (QED) is 0.905. The zero-order chi connectivity index (χ0) is 16.4. The number of carbonyl (C=O) groups excluding carboxylic acids is 1. The Morgan fingerprint density at radius 2 is 2.26 bits per heavy atom. The van der Waals surface area contributed by atoms with Gasteiger partial charge < -0.3 is 14.7 Å². The molecule has 23 heavy (non-hydrogen) atoms. The lowest BCUT2D eigenvalue weighted by molar-refractivity contribution is -0.120. The van der Waals surface area contributed by atoms with Gasteiger partial charge in [-0.2, -0.15) is 5.10 Å². The standard InChI is InChI=1S/C15H19N5O3/c1-10-8-12(18-23-10)16-15(22)11-4-3-7-20(9-11)13-5-6-14(21)19(2)17-13/h5-6,8,11H,3-4,7,9H2,1-2H3,(H,16,18,22)/t11-/m1/s1. The van der Waals surface area contributed by atoms with Crippen LogP contribution in [0.5, 0.6) is 0 Å². The second kappa shape index (κ2) is 6.23. The van der Waals surface area contributed by atoms with Gasteiger partial charge in [0.1, 0.15) is 11.6 Å². The molecule has 1 N–H and O–H groups in total. The Bertz CT molecular complexity index is 766. The molecule has 0 spiro atoms. The van der Waals surface area contributed by atoms with Gasteiger partial charge in [0.05, 0.1) is 5.92 Å². The van der Waals surface area contributed by atoms with Gasteiger partial charge in [-0.05, 0) is 25.8 Å². The molecule has 0 aliphatic carbocycles. The number of aryl methyl sites for hydroxylation is 2. The van der Waals surface area contributed by atoms with Gasteiger partial charge in [0.2, 0.25) is 5.91 Å². The van der Waals surface area contributed by atoms with Crippen LogP contribution >= 0.6 is 0 Å². The molecule has 3 rings (SSSR count). The van der Waals surface area contributed by atoms with Crippen LogP contribution in [0.15, 0.2) is 27.5 Å². The van der Waals surface area contributed by atoms with Gasteiger partial charge in [-0.3, -0.25) is 9.59 Å². The highest BCUT2D eigenvalue weighted by molar-refractivity contribution is 5.92. The van der Waals surface area contributed by atoms with Gasteiger partial charge in [-0.1, -0.05) is 5.16 Å². The minimum Gasteiger partial charge on any atom is -0.360 e. The molecule has 3 heterocycles. The Labute approximate surface area is 133 Å². The van der Waals surface area contributed by atoms with E-state index in [2.05, 4.69) is 15.6 Å². The molecule has 1 amide bonds. The van der Waals surface area contributed by atoms with Gasteiger partial charge >= 0.3 is 0 Å². The van der Waals surface area contributed by atoms with Crippen LogP contribution < -0.4 is 15.8 Å². The minimum absolute atomic E-state index is 0.0761. The van der Waals surface area contributed by atoms with Crippen molar-refractivity contribution in [3.8, 4) is 0 Å². The van der Waals surface area contributed by atoms with Crippen LogP contribution in [0.2, 0.25) is 0 Å². The predicted octanol–water partition coefficient (Wildman–Crippen LogP) is 0.932. The van der Waals surface area contributed by atoms with E-state index in [-0.39, 0.29) is 17.4 Å². The third-order valence-electron chi connectivity index (χ3n) is 3.94. The molecule has 0 unspecified atom stereocenters. The molecule has 1 atom stereocenters. The van der Waals surface area contributed by atoms with E-state index >= 15 is 0 Å². The van der Waals surface area contributed by atoms with Crippen molar-refractivity contribution >= 4 is 17.5 Å². The Morgan fingerprint density at radius 3 is 2.96 bits per heavy atom. The molecule has 0 saturated carbocycles. The number of carbonyl (C=O) groups is 1. The second-order valence-electron chi connectivity index (χ2n) is 5.75. The molecule has 1 fully saturated rings. The van der Waals surface area contributed by atoms with Crippen LogP contribution in [0.1, 0.15) is 18.6 Å². The smallest absolute Gasteiger partial charge is 0.266 e. The lowest BCUT2D eigenvalue weighted by Crippen LogP contribution is -2.41. The molecule has 122 valence electrons. The molecule has 8 nitrogen and oxygen atoms in total. The van der Waals surface area contributed by atoms with Crippen molar-refractivity contribution in [1.82, 2.24) is 14.9 Å². The molecular formula is C15H19N5O3. The first-order chi connectivity index (χ1) is 11.0. The molecule has 1 saturated heterocycles. The summed E-state index contributed by atoms with van der Waals surface area (Å²) in [5, 5.41) is 10.8. The number of anilines is 2. The summed E-state index contributed by atoms with van der Waals surface area (Å²) in [7, 11) is 1.62. The van der Waals surface area contributed by atoms with E-state index < -0.39 is 0 Å². The number of rotatable bonds is 3. The van der Waals surface area contributed by atoms with Crippen molar-refractivity contribution in [3.63, 3.8) is 0 Å². The zero-order valence-electron chi connectivity index (χ0n) is 13.2. The molecule has 0 aromatic carbocycles. The normalized spacial score (nSPS) is 18.0. The first-order valence-electron chi connectivity index (χ1n) is 7.56. The van der Waals surface area contributed by atoms with Gasteiger partial charge in [-0.15, -0.1) is 0 Å². The third-order valence-corrected chi connectivity index (χ3v) is 3.94. The number of piperidine rings is 1. The molecule has 2 aromatic heterocycles. The van der Waals surface area contributed by atoms with Crippen molar-refractivity contribution < 1.29 is 9.32 Å². The summed E-state index contributed by atoms with van der Waals surface area (Å²) in [5.74, 6) is 1.57. The maximum atomic E-state index is 12.4. The lowest BCUT2D eigenvalue weighted by atomic mass is 9.97. The molecule has 0 bridgehead atoms. The molecule has 1 aliphatic rings. The van der Waals surface area contributed by atoms with Crippen molar-refractivity contribution in [2.45, 2.75) is 19.8 Å². The summed E-state index contributed by atoms with van der Waals surface area (Å²) in [4.78, 5) is 25.8. The average Bonchev–Trinajstić information content (AvgIpc) is 2.95. The fourth-order valence-corrected chi connectivity index (χ4v) is 2.71. The number of hydrogen-bond donors (Lipinski definition) is 1. The number of nitrogens with one attached hydrogen (secondary N) is 1. The van der Waals surface area contributed by atoms with Crippen LogP contribution in [0.3, 0.4) is 0 Å². The number of nitrogens with zero attached hydrogens (tertiary/aromatic N) is 4. The molecule has 1 aliphatic heterocycles.